The van der Waals surface area contributed by atoms with Crippen molar-refractivity contribution in [2.45, 2.75) is 48.5 Å². The lowest BCUT2D eigenvalue weighted by molar-refractivity contribution is 0.450. The molecule has 2 aromatic heterocycles. The van der Waals surface area contributed by atoms with E-state index in [0.29, 0.717) is 0 Å². The Balaban J connectivity index is 0.000000219. The lowest BCUT2D eigenvalue weighted by Crippen LogP contribution is -1.83. The van der Waals surface area contributed by atoms with Crippen LogP contribution in [-0.4, -0.2) is 9.72 Å². The van der Waals surface area contributed by atoms with E-state index in [2.05, 4.69) is 67.1 Å². The zero-order valence-corrected chi connectivity index (χ0v) is 17.4. The van der Waals surface area contributed by atoms with Gasteiger partial charge in [-0.25, -0.2) is 0 Å². The molecular weight excluding hydrogens is 320 g/mol. The summed E-state index contributed by atoms with van der Waals surface area (Å²) in [5.41, 5.74) is 5.70. The number of hydrogen-bond donors (Lipinski definition) is 0. The van der Waals surface area contributed by atoms with E-state index in [1.54, 1.807) is 0 Å². The lowest BCUT2D eigenvalue weighted by Gasteiger charge is -1.96. The molecule has 3 heteroatoms. The number of fused-ring (bicyclic) bond motifs is 2. The number of hydrogen-bond acceptors (Lipinski definition) is 2. The Bertz CT molecular complexity index is 854. The molecule has 4 rings (SSSR count). The van der Waals surface area contributed by atoms with Crippen molar-refractivity contribution in [1.82, 2.24) is 9.72 Å². The number of rotatable bonds is 0. The van der Waals surface area contributed by atoms with E-state index >= 15 is 0 Å². The second-order valence-electron chi connectivity index (χ2n) is 5.76. The summed E-state index contributed by atoms with van der Waals surface area (Å²) >= 11 is 0. The van der Waals surface area contributed by atoms with Gasteiger partial charge in [-0.2, -0.15) is 0 Å². The Morgan fingerprint density at radius 3 is 2.12 bits per heavy atom. The predicted octanol–water partition coefficient (Wildman–Crippen LogP) is 6.98. The van der Waals surface area contributed by atoms with Gasteiger partial charge in [0, 0.05) is 24.1 Å². The maximum atomic E-state index is 5.05. The summed E-state index contributed by atoms with van der Waals surface area (Å²) in [6.07, 6.45) is 2.09. The topological polar surface area (TPSA) is 31.0 Å². The van der Waals surface area contributed by atoms with Crippen molar-refractivity contribution in [2.75, 3.05) is 0 Å². The first-order valence-corrected chi connectivity index (χ1v) is 9.39. The van der Waals surface area contributed by atoms with E-state index in [-0.39, 0.29) is 0 Å². The summed E-state index contributed by atoms with van der Waals surface area (Å²) in [4.78, 5) is 0. The molecule has 2 heterocycles. The highest BCUT2D eigenvalue weighted by Crippen LogP contribution is 2.18. The molecule has 140 valence electrons. The van der Waals surface area contributed by atoms with Crippen LogP contribution in [0.4, 0.5) is 0 Å². The van der Waals surface area contributed by atoms with Crippen molar-refractivity contribution in [3.8, 4) is 0 Å². The van der Waals surface area contributed by atoms with E-state index in [1.807, 2.05) is 46.8 Å². The smallest absolute Gasteiger partial charge is 0.167 e. The normalized spacial score (nSPS) is 9.54. The van der Waals surface area contributed by atoms with Gasteiger partial charge in [-0.3, -0.25) is 0 Å². The molecule has 0 fully saturated rings. The van der Waals surface area contributed by atoms with Gasteiger partial charge in [0.25, 0.3) is 0 Å². The van der Waals surface area contributed by atoms with Crippen LogP contribution in [0.25, 0.3) is 21.9 Å². The third-order valence-corrected chi connectivity index (χ3v) is 3.85. The summed E-state index contributed by atoms with van der Waals surface area (Å²) in [5.74, 6) is 0. The molecule has 0 saturated heterocycles. The molecule has 3 nitrogen and oxygen atoms in total. The third kappa shape index (κ3) is 5.22. The highest BCUT2D eigenvalue weighted by Gasteiger charge is 2.01. The molecule has 4 aromatic rings. The van der Waals surface area contributed by atoms with Gasteiger partial charge in [0.05, 0.1) is 5.69 Å². The average molecular weight is 353 g/mol. The molecule has 0 unspecified atom stereocenters. The summed E-state index contributed by atoms with van der Waals surface area (Å²) in [6, 6.07) is 14.7. The molecular formula is C23H32N2O. The number of benzene rings is 2. The first-order valence-electron chi connectivity index (χ1n) is 9.39. The monoisotopic (exact) mass is 352 g/mol. The molecule has 2 aromatic carbocycles. The Labute approximate surface area is 157 Å². The summed E-state index contributed by atoms with van der Waals surface area (Å²) < 4.78 is 7.19. The van der Waals surface area contributed by atoms with Crippen LogP contribution in [0.1, 0.15) is 44.5 Å². The van der Waals surface area contributed by atoms with Crippen LogP contribution >= 0.6 is 0 Å². The van der Waals surface area contributed by atoms with Crippen LogP contribution in [0.15, 0.2) is 53.2 Å². The van der Waals surface area contributed by atoms with E-state index in [0.717, 1.165) is 16.7 Å². The van der Waals surface area contributed by atoms with Crippen molar-refractivity contribution in [3.63, 3.8) is 0 Å². The van der Waals surface area contributed by atoms with Crippen LogP contribution in [-0.2, 0) is 7.05 Å². The van der Waals surface area contributed by atoms with Crippen LogP contribution in [0.2, 0.25) is 0 Å². The molecule has 0 atom stereocenters. The van der Waals surface area contributed by atoms with Crippen LogP contribution in [0, 0.1) is 20.8 Å². The van der Waals surface area contributed by atoms with E-state index in [1.165, 1.54) is 22.0 Å². The number of aryl methyl sites for hydroxylation is 4. The van der Waals surface area contributed by atoms with Gasteiger partial charge < -0.3 is 9.09 Å². The molecule has 0 aliphatic rings. The second-order valence-corrected chi connectivity index (χ2v) is 5.76. The first-order chi connectivity index (χ1) is 12.5. The van der Waals surface area contributed by atoms with Crippen LogP contribution < -0.4 is 0 Å². The van der Waals surface area contributed by atoms with Gasteiger partial charge >= 0.3 is 0 Å². The van der Waals surface area contributed by atoms with Crippen molar-refractivity contribution in [1.29, 1.82) is 0 Å². The van der Waals surface area contributed by atoms with Crippen molar-refractivity contribution in [3.05, 3.63) is 65.5 Å². The average Bonchev–Trinajstić information content (AvgIpc) is 3.22. The summed E-state index contributed by atoms with van der Waals surface area (Å²) in [6.45, 7) is 14.1. The van der Waals surface area contributed by atoms with Gasteiger partial charge in [-0.1, -0.05) is 56.6 Å². The largest absolute Gasteiger partial charge is 0.356 e. The standard InChI is InChI=1S/C10H11N.C9H9NO.2C2H6/c1-8-3-4-9-5-6-11(2)10(9)7-8;1-6-3-4-9-8(5-6)7(2)10-11-9;2*1-2/h3-7H,1-2H3;3-5H,1-2H3;2*1-2H3. The SMILES string of the molecule is CC.CC.Cc1ccc2ccn(C)c2c1.Cc1ccc2onc(C)c2c1. The number of nitrogens with zero attached hydrogens (tertiary/aromatic N) is 2. The highest BCUT2D eigenvalue weighted by atomic mass is 16.5. The Morgan fingerprint density at radius 2 is 1.42 bits per heavy atom. The lowest BCUT2D eigenvalue weighted by atomic mass is 10.1. The zero-order chi connectivity index (χ0) is 19.7. The minimum atomic E-state index is 0.869. The molecule has 26 heavy (non-hydrogen) atoms. The Morgan fingerprint density at radius 1 is 0.808 bits per heavy atom. The molecule has 0 radical (unpaired) electrons. The van der Waals surface area contributed by atoms with E-state index in [4.69, 9.17) is 4.52 Å². The fourth-order valence-corrected chi connectivity index (χ4v) is 2.55. The zero-order valence-electron chi connectivity index (χ0n) is 17.4. The Hall–Kier alpha value is -2.55. The van der Waals surface area contributed by atoms with Gasteiger partial charge in [-0.15, -0.1) is 0 Å². The third-order valence-electron chi connectivity index (χ3n) is 3.85. The second kappa shape index (κ2) is 10.4. The Kier molecular flexibility index (Phi) is 8.63. The van der Waals surface area contributed by atoms with Crippen molar-refractivity contribution >= 4 is 21.9 Å². The van der Waals surface area contributed by atoms with Crippen LogP contribution in [0.5, 0.6) is 0 Å². The molecule has 0 spiro atoms. The molecule has 0 bridgehead atoms. The summed E-state index contributed by atoms with van der Waals surface area (Å²) in [5, 5.41) is 6.30. The predicted molar refractivity (Wildman–Crippen MR) is 114 cm³/mol. The fourth-order valence-electron chi connectivity index (χ4n) is 2.55. The maximum Gasteiger partial charge on any atom is 0.167 e. The molecule has 0 aliphatic heterocycles. The van der Waals surface area contributed by atoms with Gasteiger partial charge in [0.2, 0.25) is 0 Å². The quantitative estimate of drug-likeness (QED) is 0.341. The highest BCUT2D eigenvalue weighted by molar-refractivity contribution is 5.80. The van der Waals surface area contributed by atoms with E-state index in [9.17, 15) is 0 Å². The summed E-state index contributed by atoms with van der Waals surface area (Å²) in [7, 11) is 2.07. The van der Waals surface area contributed by atoms with Crippen molar-refractivity contribution < 1.29 is 4.52 Å². The molecule has 0 saturated carbocycles. The maximum absolute atomic E-state index is 5.05. The molecule has 0 aliphatic carbocycles. The fraction of sp³-hybridized carbons (Fsp3) is 0.348. The van der Waals surface area contributed by atoms with E-state index < -0.39 is 0 Å². The molecule has 0 amide bonds. The minimum absolute atomic E-state index is 0.869. The number of aromatic nitrogens is 2. The van der Waals surface area contributed by atoms with Crippen LogP contribution in [0.3, 0.4) is 0 Å². The first kappa shape index (κ1) is 21.5. The molecule has 0 N–H and O–H groups in total. The van der Waals surface area contributed by atoms with Gasteiger partial charge in [-0.05, 0) is 56.0 Å². The van der Waals surface area contributed by atoms with Crippen molar-refractivity contribution in [2.24, 2.45) is 7.05 Å². The minimum Gasteiger partial charge on any atom is -0.356 e. The van der Waals surface area contributed by atoms with Gasteiger partial charge in [0.15, 0.2) is 5.58 Å². The van der Waals surface area contributed by atoms with Gasteiger partial charge in [0.1, 0.15) is 0 Å².